The summed E-state index contributed by atoms with van der Waals surface area (Å²) in [5.74, 6) is -0.966. The van der Waals surface area contributed by atoms with Crippen molar-refractivity contribution in [3.8, 4) is 0 Å². The molecular formula is C13H19N3O3. The number of morpholine rings is 1. The maximum absolute atomic E-state index is 10.8. The molecule has 0 radical (unpaired) electrons. The van der Waals surface area contributed by atoms with Crippen molar-refractivity contribution < 1.29 is 14.6 Å². The largest absolute Gasteiger partial charge is 0.478 e. The van der Waals surface area contributed by atoms with Crippen LogP contribution in [0.4, 0.5) is 11.4 Å². The van der Waals surface area contributed by atoms with Gasteiger partial charge in [-0.05, 0) is 18.2 Å². The number of ether oxygens (including phenoxy) is 1. The second kappa shape index (κ2) is 6.40. The minimum absolute atomic E-state index is 0.205. The molecular weight excluding hydrogens is 246 g/mol. The van der Waals surface area contributed by atoms with Gasteiger partial charge >= 0.3 is 5.97 Å². The van der Waals surface area contributed by atoms with E-state index < -0.39 is 5.97 Å². The summed E-state index contributed by atoms with van der Waals surface area (Å²) in [5.41, 5.74) is 7.26. The first-order valence-corrected chi connectivity index (χ1v) is 6.33. The molecule has 1 fully saturated rings. The van der Waals surface area contributed by atoms with E-state index in [9.17, 15) is 4.79 Å². The highest BCUT2D eigenvalue weighted by Gasteiger charge is 2.10. The molecule has 0 aliphatic carbocycles. The SMILES string of the molecule is Nc1cc(C(=O)O)ccc1NCCN1CCOCC1. The minimum atomic E-state index is -0.966. The number of aromatic carboxylic acids is 1. The summed E-state index contributed by atoms with van der Waals surface area (Å²) >= 11 is 0. The number of nitrogens with one attached hydrogen (secondary N) is 1. The molecule has 104 valence electrons. The second-order valence-corrected chi connectivity index (χ2v) is 4.49. The Morgan fingerprint density at radius 1 is 1.42 bits per heavy atom. The van der Waals surface area contributed by atoms with Crippen molar-refractivity contribution in [3.63, 3.8) is 0 Å². The highest BCUT2D eigenvalue weighted by molar-refractivity contribution is 5.90. The molecule has 1 aliphatic heterocycles. The summed E-state index contributed by atoms with van der Waals surface area (Å²) in [4.78, 5) is 13.1. The minimum Gasteiger partial charge on any atom is -0.478 e. The molecule has 0 unspecified atom stereocenters. The number of nitrogens with two attached hydrogens (primary N) is 1. The average molecular weight is 265 g/mol. The van der Waals surface area contributed by atoms with Gasteiger partial charge < -0.3 is 20.9 Å². The van der Waals surface area contributed by atoms with Crippen LogP contribution < -0.4 is 11.1 Å². The van der Waals surface area contributed by atoms with Crippen LogP contribution in [0.25, 0.3) is 0 Å². The molecule has 19 heavy (non-hydrogen) atoms. The number of nitrogen functional groups attached to an aromatic ring is 1. The topological polar surface area (TPSA) is 87.8 Å². The summed E-state index contributed by atoms with van der Waals surface area (Å²) in [5, 5.41) is 12.1. The first-order chi connectivity index (χ1) is 9.16. The van der Waals surface area contributed by atoms with E-state index in [1.807, 2.05) is 0 Å². The van der Waals surface area contributed by atoms with Crippen molar-refractivity contribution in [2.24, 2.45) is 0 Å². The molecule has 6 heteroatoms. The quantitative estimate of drug-likeness (QED) is 0.680. The number of carboxylic acids is 1. The van der Waals surface area contributed by atoms with Gasteiger partial charge in [0.1, 0.15) is 0 Å². The smallest absolute Gasteiger partial charge is 0.335 e. The van der Waals surface area contributed by atoms with E-state index in [-0.39, 0.29) is 5.56 Å². The molecule has 0 bridgehead atoms. The van der Waals surface area contributed by atoms with E-state index in [0.29, 0.717) is 5.69 Å². The Bertz CT molecular complexity index is 445. The molecule has 1 heterocycles. The van der Waals surface area contributed by atoms with Crippen molar-refractivity contribution in [1.29, 1.82) is 0 Å². The molecule has 4 N–H and O–H groups in total. The number of anilines is 2. The van der Waals surface area contributed by atoms with E-state index in [2.05, 4.69) is 10.2 Å². The summed E-state index contributed by atoms with van der Waals surface area (Å²) in [6.45, 7) is 5.18. The van der Waals surface area contributed by atoms with Gasteiger partial charge in [-0.2, -0.15) is 0 Å². The third-order valence-corrected chi connectivity index (χ3v) is 3.15. The molecule has 0 aromatic heterocycles. The maximum Gasteiger partial charge on any atom is 0.335 e. The van der Waals surface area contributed by atoms with E-state index in [4.69, 9.17) is 15.6 Å². The first kappa shape index (κ1) is 13.6. The van der Waals surface area contributed by atoms with Crippen molar-refractivity contribution in [3.05, 3.63) is 23.8 Å². The van der Waals surface area contributed by atoms with Gasteiger partial charge in [-0.25, -0.2) is 4.79 Å². The van der Waals surface area contributed by atoms with Gasteiger partial charge in [0.25, 0.3) is 0 Å². The third-order valence-electron chi connectivity index (χ3n) is 3.15. The van der Waals surface area contributed by atoms with Crippen molar-refractivity contribution in [2.45, 2.75) is 0 Å². The van der Waals surface area contributed by atoms with Crippen LogP contribution in [0.1, 0.15) is 10.4 Å². The van der Waals surface area contributed by atoms with Gasteiger partial charge in [0, 0.05) is 26.2 Å². The standard InChI is InChI=1S/C13H19N3O3/c14-11-9-10(13(17)18)1-2-12(11)15-3-4-16-5-7-19-8-6-16/h1-2,9,15H,3-8,14H2,(H,17,18). The molecule has 1 aromatic rings. The Labute approximate surface area is 112 Å². The van der Waals surface area contributed by atoms with Gasteiger partial charge in [0.05, 0.1) is 30.2 Å². The Balaban J connectivity index is 1.83. The van der Waals surface area contributed by atoms with E-state index in [1.165, 1.54) is 6.07 Å². The summed E-state index contributed by atoms with van der Waals surface area (Å²) in [6.07, 6.45) is 0. The second-order valence-electron chi connectivity index (χ2n) is 4.49. The molecule has 0 amide bonds. The molecule has 1 aliphatic rings. The molecule has 0 spiro atoms. The average Bonchev–Trinajstić information content (AvgIpc) is 2.41. The maximum atomic E-state index is 10.8. The highest BCUT2D eigenvalue weighted by atomic mass is 16.5. The fraction of sp³-hybridized carbons (Fsp3) is 0.462. The first-order valence-electron chi connectivity index (χ1n) is 6.33. The predicted octanol–water partition coefficient (Wildman–Crippen LogP) is 0.711. The Morgan fingerprint density at radius 2 is 2.16 bits per heavy atom. The molecule has 1 saturated heterocycles. The number of carboxylic acid groups (broad SMARTS) is 1. The van der Waals surface area contributed by atoms with Crippen LogP contribution in [0.2, 0.25) is 0 Å². The Hall–Kier alpha value is -1.79. The number of carbonyl (C=O) groups is 1. The molecule has 0 atom stereocenters. The van der Waals surface area contributed by atoms with Gasteiger partial charge in [-0.15, -0.1) is 0 Å². The number of benzene rings is 1. The molecule has 2 rings (SSSR count). The zero-order valence-corrected chi connectivity index (χ0v) is 10.8. The van der Waals surface area contributed by atoms with Gasteiger partial charge in [-0.3, -0.25) is 4.90 Å². The lowest BCUT2D eigenvalue weighted by atomic mass is 10.2. The zero-order valence-electron chi connectivity index (χ0n) is 10.8. The van der Waals surface area contributed by atoms with Gasteiger partial charge in [-0.1, -0.05) is 0 Å². The van der Waals surface area contributed by atoms with Crippen LogP contribution in [-0.4, -0.2) is 55.4 Å². The van der Waals surface area contributed by atoms with Crippen LogP contribution >= 0.6 is 0 Å². The zero-order chi connectivity index (χ0) is 13.7. The number of hydrogen-bond acceptors (Lipinski definition) is 5. The number of rotatable bonds is 5. The fourth-order valence-electron chi connectivity index (χ4n) is 2.03. The lowest BCUT2D eigenvalue weighted by Gasteiger charge is -2.26. The lowest BCUT2D eigenvalue weighted by Crippen LogP contribution is -2.39. The van der Waals surface area contributed by atoms with E-state index >= 15 is 0 Å². The Morgan fingerprint density at radius 3 is 2.79 bits per heavy atom. The van der Waals surface area contributed by atoms with Crippen molar-refractivity contribution >= 4 is 17.3 Å². The molecule has 0 saturated carbocycles. The predicted molar refractivity (Wildman–Crippen MR) is 73.6 cm³/mol. The van der Waals surface area contributed by atoms with Crippen LogP contribution in [-0.2, 0) is 4.74 Å². The summed E-state index contributed by atoms with van der Waals surface area (Å²) in [7, 11) is 0. The van der Waals surface area contributed by atoms with E-state index in [0.717, 1.165) is 45.1 Å². The monoisotopic (exact) mass is 265 g/mol. The van der Waals surface area contributed by atoms with Crippen molar-refractivity contribution in [2.75, 3.05) is 50.4 Å². The summed E-state index contributed by atoms with van der Waals surface area (Å²) in [6, 6.07) is 4.73. The van der Waals surface area contributed by atoms with Crippen molar-refractivity contribution in [1.82, 2.24) is 4.90 Å². The van der Waals surface area contributed by atoms with Crippen LogP contribution in [0, 0.1) is 0 Å². The normalized spacial score (nSPS) is 16.2. The summed E-state index contributed by atoms with van der Waals surface area (Å²) < 4.78 is 5.28. The van der Waals surface area contributed by atoms with E-state index in [1.54, 1.807) is 12.1 Å². The third kappa shape index (κ3) is 3.84. The number of nitrogens with zero attached hydrogens (tertiary/aromatic N) is 1. The molecule has 6 nitrogen and oxygen atoms in total. The van der Waals surface area contributed by atoms with Gasteiger partial charge in [0.15, 0.2) is 0 Å². The van der Waals surface area contributed by atoms with Gasteiger partial charge in [0.2, 0.25) is 0 Å². The lowest BCUT2D eigenvalue weighted by molar-refractivity contribution is 0.0398. The highest BCUT2D eigenvalue weighted by Crippen LogP contribution is 2.19. The van der Waals surface area contributed by atoms with Crippen LogP contribution in [0.5, 0.6) is 0 Å². The van der Waals surface area contributed by atoms with Crippen LogP contribution in [0.15, 0.2) is 18.2 Å². The Kier molecular flexibility index (Phi) is 4.59. The molecule has 1 aromatic carbocycles. The number of hydrogen-bond donors (Lipinski definition) is 3. The van der Waals surface area contributed by atoms with Crippen LogP contribution in [0.3, 0.4) is 0 Å². The fourth-order valence-corrected chi connectivity index (χ4v) is 2.03.